The maximum absolute atomic E-state index is 14.5. The van der Waals surface area contributed by atoms with Crippen molar-refractivity contribution in [2.24, 2.45) is 5.92 Å². The van der Waals surface area contributed by atoms with Crippen molar-refractivity contribution in [3.8, 4) is 17.0 Å². The first kappa shape index (κ1) is 26.5. The molecule has 2 aromatic heterocycles. The van der Waals surface area contributed by atoms with Crippen molar-refractivity contribution in [3.05, 3.63) is 59.9 Å². The average molecular weight is 526 g/mol. The van der Waals surface area contributed by atoms with Gasteiger partial charge in [0.15, 0.2) is 16.0 Å². The van der Waals surface area contributed by atoms with Gasteiger partial charge in [0.05, 0.1) is 17.9 Å². The van der Waals surface area contributed by atoms with Crippen molar-refractivity contribution >= 4 is 28.5 Å². The van der Waals surface area contributed by atoms with Crippen LogP contribution < -0.4 is 20.1 Å². The Hall–Kier alpha value is -3.53. The zero-order valence-corrected chi connectivity index (χ0v) is 22.2. The van der Waals surface area contributed by atoms with Gasteiger partial charge in [0.2, 0.25) is 0 Å². The summed E-state index contributed by atoms with van der Waals surface area (Å²) in [6.07, 6.45) is 1.89. The van der Waals surface area contributed by atoms with E-state index >= 15 is 0 Å². The quantitative estimate of drug-likeness (QED) is 0.437. The smallest absolute Gasteiger partial charge is 0.267 e. The largest absolute Gasteiger partial charge is 0.493 e. The SMILES string of the molecule is CC(C)COc1cc(F)cc(-c2ccc(C(=O)NS(=O)c3cccc(N)n3)c(N3[C@H](C)CC[C@@H]3C)n2)c1. The van der Waals surface area contributed by atoms with Crippen LogP contribution in [0, 0.1) is 11.7 Å². The van der Waals surface area contributed by atoms with Crippen LogP contribution in [-0.2, 0) is 11.0 Å². The molecule has 1 aromatic carbocycles. The summed E-state index contributed by atoms with van der Waals surface area (Å²) >= 11 is 0. The molecule has 37 heavy (non-hydrogen) atoms. The fraction of sp³-hybridized carbons (Fsp3) is 0.370. The van der Waals surface area contributed by atoms with Gasteiger partial charge in [-0.15, -0.1) is 0 Å². The predicted molar refractivity (Wildman–Crippen MR) is 143 cm³/mol. The molecule has 196 valence electrons. The van der Waals surface area contributed by atoms with Crippen LogP contribution in [-0.4, -0.2) is 38.8 Å². The average Bonchev–Trinajstić information content (AvgIpc) is 3.19. The van der Waals surface area contributed by atoms with E-state index < -0.39 is 22.7 Å². The molecule has 0 aliphatic carbocycles. The van der Waals surface area contributed by atoms with E-state index in [0.717, 1.165) is 12.8 Å². The van der Waals surface area contributed by atoms with Gasteiger partial charge in [0, 0.05) is 23.7 Å². The van der Waals surface area contributed by atoms with Gasteiger partial charge < -0.3 is 15.4 Å². The van der Waals surface area contributed by atoms with Crippen LogP contribution in [0.5, 0.6) is 5.75 Å². The number of hydrogen-bond acceptors (Lipinski definition) is 7. The number of nitrogens with one attached hydrogen (secondary N) is 1. The van der Waals surface area contributed by atoms with Gasteiger partial charge in [-0.1, -0.05) is 19.9 Å². The second-order valence-corrected chi connectivity index (χ2v) is 10.9. The zero-order valence-electron chi connectivity index (χ0n) is 21.4. The van der Waals surface area contributed by atoms with E-state index in [9.17, 15) is 13.4 Å². The van der Waals surface area contributed by atoms with E-state index in [2.05, 4.69) is 28.5 Å². The van der Waals surface area contributed by atoms with Crippen LogP contribution in [0.2, 0.25) is 0 Å². The van der Waals surface area contributed by atoms with Crippen LogP contribution >= 0.6 is 0 Å². The lowest BCUT2D eigenvalue weighted by Gasteiger charge is -2.29. The van der Waals surface area contributed by atoms with Crippen LogP contribution in [0.25, 0.3) is 11.3 Å². The normalized spacial score (nSPS) is 18.2. The molecule has 1 aliphatic rings. The Labute approximate surface area is 219 Å². The molecule has 10 heteroatoms. The number of carbonyl (C=O) groups excluding carboxylic acids is 1. The lowest BCUT2D eigenvalue weighted by Crippen LogP contribution is -2.36. The molecule has 0 saturated carbocycles. The third-order valence-electron chi connectivity index (χ3n) is 6.19. The highest BCUT2D eigenvalue weighted by atomic mass is 32.2. The third kappa shape index (κ3) is 6.25. The maximum atomic E-state index is 14.5. The number of rotatable bonds is 8. The highest BCUT2D eigenvalue weighted by molar-refractivity contribution is 7.83. The molecule has 0 spiro atoms. The van der Waals surface area contributed by atoms with Crippen molar-refractivity contribution in [1.29, 1.82) is 0 Å². The molecule has 0 bridgehead atoms. The molecule has 1 saturated heterocycles. The standard InChI is InChI=1S/C27H32FN5O3S/c1-16(2)15-36-21-13-19(12-20(28)14-21)23-11-10-22(26(30-23)33-17(3)8-9-18(33)4)27(34)32-37(35)25-7-5-6-24(29)31-25/h5-7,10-14,16-18H,8-9,15H2,1-4H3,(H2,29,31)(H,32,34)/t17-,18+,37?. The summed E-state index contributed by atoms with van der Waals surface area (Å²) in [5.74, 6) is 0.386. The van der Waals surface area contributed by atoms with Gasteiger partial charge >= 0.3 is 0 Å². The number of nitrogen functional groups attached to an aromatic ring is 1. The number of halogens is 1. The summed E-state index contributed by atoms with van der Waals surface area (Å²) in [6, 6.07) is 12.8. The second-order valence-electron chi connectivity index (χ2n) is 9.73. The van der Waals surface area contributed by atoms with Gasteiger partial charge in [0.25, 0.3) is 5.91 Å². The molecule has 1 fully saturated rings. The van der Waals surface area contributed by atoms with Gasteiger partial charge in [-0.25, -0.2) is 18.6 Å². The summed E-state index contributed by atoms with van der Waals surface area (Å²) in [5.41, 5.74) is 7.01. The van der Waals surface area contributed by atoms with E-state index in [1.165, 1.54) is 18.2 Å². The van der Waals surface area contributed by atoms with Crippen molar-refractivity contribution < 1.29 is 18.1 Å². The molecule has 0 radical (unpaired) electrons. The monoisotopic (exact) mass is 525 g/mol. The number of hydrogen-bond donors (Lipinski definition) is 2. The van der Waals surface area contributed by atoms with Crippen molar-refractivity contribution in [2.75, 3.05) is 17.2 Å². The first-order chi connectivity index (χ1) is 17.6. The van der Waals surface area contributed by atoms with E-state index in [-0.39, 0.29) is 28.5 Å². The summed E-state index contributed by atoms with van der Waals surface area (Å²) in [7, 11) is -1.91. The van der Waals surface area contributed by atoms with Crippen molar-refractivity contribution in [2.45, 2.75) is 57.6 Å². The minimum absolute atomic E-state index is 0.142. The van der Waals surface area contributed by atoms with Gasteiger partial charge in [-0.05, 0) is 69.0 Å². The molecular weight excluding hydrogens is 493 g/mol. The molecule has 8 nitrogen and oxygen atoms in total. The Bertz CT molecular complexity index is 1310. The summed E-state index contributed by atoms with van der Waals surface area (Å²) < 4.78 is 35.5. The molecule has 1 unspecified atom stereocenters. The van der Waals surface area contributed by atoms with E-state index in [1.54, 1.807) is 30.3 Å². The van der Waals surface area contributed by atoms with E-state index in [4.69, 9.17) is 15.5 Å². The fourth-order valence-corrected chi connectivity index (χ4v) is 5.15. The first-order valence-corrected chi connectivity index (χ1v) is 13.5. The van der Waals surface area contributed by atoms with Crippen LogP contribution in [0.1, 0.15) is 50.9 Å². The zero-order chi connectivity index (χ0) is 26.7. The number of anilines is 2. The first-order valence-electron chi connectivity index (χ1n) is 12.3. The number of nitrogens with two attached hydrogens (primary N) is 1. The Kier molecular flexibility index (Phi) is 8.06. The van der Waals surface area contributed by atoms with Gasteiger partial charge in [-0.3, -0.25) is 9.52 Å². The topological polar surface area (TPSA) is 110 Å². The van der Waals surface area contributed by atoms with Gasteiger partial charge in [-0.2, -0.15) is 0 Å². The number of aromatic nitrogens is 2. The van der Waals surface area contributed by atoms with E-state index in [1.807, 2.05) is 13.8 Å². The predicted octanol–water partition coefficient (Wildman–Crippen LogP) is 4.73. The highest BCUT2D eigenvalue weighted by Gasteiger charge is 2.32. The maximum Gasteiger partial charge on any atom is 0.267 e. The molecule has 4 rings (SSSR count). The minimum Gasteiger partial charge on any atom is -0.493 e. The fourth-order valence-electron chi connectivity index (χ4n) is 4.38. The molecule has 3 heterocycles. The highest BCUT2D eigenvalue weighted by Crippen LogP contribution is 2.34. The van der Waals surface area contributed by atoms with Crippen molar-refractivity contribution in [1.82, 2.24) is 14.7 Å². The summed E-state index contributed by atoms with van der Waals surface area (Å²) in [6.45, 7) is 8.66. The molecule has 3 N–H and O–H groups in total. The molecule has 1 amide bonds. The van der Waals surface area contributed by atoms with Crippen LogP contribution in [0.3, 0.4) is 0 Å². The lowest BCUT2D eigenvalue weighted by atomic mass is 10.1. The Morgan fingerprint density at radius 3 is 2.57 bits per heavy atom. The molecule has 1 aliphatic heterocycles. The van der Waals surface area contributed by atoms with E-state index in [0.29, 0.717) is 35.3 Å². The summed E-state index contributed by atoms with van der Waals surface area (Å²) in [4.78, 5) is 24.2. The Morgan fingerprint density at radius 2 is 1.89 bits per heavy atom. The number of nitrogens with zero attached hydrogens (tertiary/aromatic N) is 3. The second kappa shape index (κ2) is 11.2. The van der Waals surface area contributed by atoms with Gasteiger partial charge in [0.1, 0.15) is 23.2 Å². The number of carbonyl (C=O) groups is 1. The summed E-state index contributed by atoms with van der Waals surface area (Å²) in [5, 5.41) is 0.149. The Morgan fingerprint density at radius 1 is 1.16 bits per heavy atom. The number of ether oxygens (including phenoxy) is 1. The molecular formula is C27H32FN5O3S. The minimum atomic E-state index is -1.91. The molecule has 3 aromatic rings. The lowest BCUT2D eigenvalue weighted by molar-refractivity contribution is 0.0983. The third-order valence-corrected chi connectivity index (χ3v) is 7.17. The number of amides is 1. The van der Waals surface area contributed by atoms with Crippen molar-refractivity contribution in [3.63, 3.8) is 0 Å². The van der Waals surface area contributed by atoms with Crippen LogP contribution in [0.15, 0.2) is 53.6 Å². The number of pyridine rings is 2. The number of benzene rings is 1. The van der Waals surface area contributed by atoms with Crippen LogP contribution in [0.4, 0.5) is 16.0 Å². The Balaban J connectivity index is 1.71. The molecule has 3 atom stereocenters.